The topological polar surface area (TPSA) is 100 Å². The Balaban J connectivity index is 1.71. The summed E-state index contributed by atoms with van der Waals surface area (Å²) in [6.45, 7) is 2.23. The number of anilines is 2. The number of thioether (sulfide) groups is 1. The van der Waals surface area contributed by atoms with Gasteiger partial charge in [-0.05, 0) is 24.0 Å². The minimum Gasteiger partial charge on any atom is -0.495 e. The van der Waals surface area contributed by atoms with E-state index in [4.69, 9.17) is 16.3 Å². The Morgan fingerprint density at radius 1 is 1.54 bits per heavy atom. The molecule has 2 N–H and O–H groups in total. The molecule has 0 spiro atoms. The average molecular weight is 396 g/mol. The normalized spacial score (nSPS) is 16.8. The van der Waals surface area contributed by atoms with Crippen LogP contribution < -0.4 is 15.0 Å². The number of H-pyrrole nitrogens is 1. The number of aromatic nitrogens is 3. The quantitative estimate of drug-likeness (QED) is 0.729. The molecule has 1 aromatic carbocycles. The minimum absolute atomic E-state index is 0.103. The smallest absolute Gasteiger partial charge is 0.232 e. The van der Waals surface area contributed by atoms with Gasteiger partial charge in [0.05, 0.1) is 18.7 Å². The number of amides is 2. The van der Waals surface area contributed by atoms with Gasteiger partial charge in [0.2, 0.25) is 22.9 Å². The summed E-state index contributed by atoms with van der Waals surface area (Å²) in [5.41, 5.74) is 0.557. The van der Waals surface area contributed by atoms with Crippen molar-refractivity contribution in [2.24, 2.45) is 5.92 Å². The number of halogens is 1. The second kappa shape index (κ2) is 7.96. The van der Waals surface area contributed by atoms with E-state index in [1.807, 2.05) is 6.92 Å². The minimum atomic E-state index is -0.501. The predicted octanol–water partition coefficient (Wildman–Crippen LogP) is 2.57. The van der Waals surface area contributed by atoms with Gasteiger partial charge in [-0.25, -0.2) is 5.10 Å². The zero-order valence-electron chi connectivity index (χ0n) is 14.3. The second-order valence-corrected chi connectivity index (χ2v) is 7.28. The van der Waals surface area contributed by atoms with Crippen LogP contribution in [0.1, 0.15) is 13.3 Å². The summed E-state index contributed by atoms with van der Waals surface area (Å²) in [5, 5.41) is 10.4. The van der Waals surface area contributed by atoms with Crippen molar-refractivity contribution in [3.05, 3.63) is 23.2 Å². The molecule has 0 bridgehead atoms. The molecule has 1 atom stereocenters. The zero-order valence-corrected chi connectivity index (χ0v) is 15.9. The summed E-state index contributed by atoms with van der Waals surface area (Å²) in [4.78, 5) is 30.6. The molecule has 0 radical (unpaired) electrons. The molecule has 1 aliphatic heterocycles. The molecule has 3 rings (SSSR count). The molecule has 2 amide bonds. The first-order valence-electron chi connectivity index (χ1n) is 8.01. The van der Waals surface area contributed by atoms with Gasteiger partial charge in [-0.1, -0.05) is 30.3 Å². The molecule has 2 aromatic rings. The Kier molecular flexibility index (Phi) is 5.67. The van der Waals surface area contributed by atoms with Crippen LogP contribution >= 0.6 is 23.4 Å². The second-order valence-electron chi connectivity index (χ2n) is 5.61. The maximum absolute atomic E-state index is 12.5. The number of nitrogens with zero attached hydrogens (tertiary/aromatic N) is 3. The van der Waals surface area contributed by atoms with Crippen LogP contribution in [-0.4, -0.2) is 46.4 Å². The third-order valence-corrected chi connectivity index (χ3v) is 4.87. The van der Waals surface area contributed by atoms with Crippen LogP contribution in [0.4, 0.5) is 11.6 Å². The first kappa shape index (κ1) is 18.5. The molecule has 26 heavy (non-hydrogen) atoms. The number of benzene rings is 1. The molecule has 0 aliphatic carbocycles. The average Bonchev–Trinajstić information content (AvgIpc) is 3.21. The third kappa shape index (κ3) is 3.94. The number of ether oxygens (including phenoxy) is 1. The lowest BCUT2D eigenvalue weighted by atomic mass is 10.1. The fraction of sp³-hybridized carbons (Fsp3) is 0.375. The molecule has 8 nitrogen and oxygen atoms in total. The zero-order chi connectivity index (χ0) is 18.7. The summed E-state index contributed by atoms with van der Waals surface area (Å²) < 4.78 is 5.30. The van der Waals surface area contributed by atoms with Crippen LogP contribution in [0.15, 0.2) is 23.4 Å². The number of hydrogen-bond donors (Lipinski definition) is 2. The number of methoxy groups -OCH3 is 1. The molecule has 1 unspecified atom stereocenters. The van der Waals surface area contributed by atoms with Crippen LogP contribution in [-0.2, 0) is 9.59 Å². The molecule has 138 valence electrons. The molecule has 1 fully saturated rings. The van der Waals surface area contributed by atoms with E-state index < -0.39 is 5.92 Å². The number of hydrogen-bond acceptors (Lipinski definition) is 6. The van der Waals surface area contributed by atoms with E-state index in [2.05, 4.69) is 20.5 Å². The molecular weight excluding hydrogens is 378 g/mol. The van der Waals surface area contributed by atoms with Crippen LogP contribution in [0.2, 0.25) is 5.02 Å². The van der Waals surface area contributed by atoms with Crippen LogP contribution in [0, 0.1) is 5.92 Å². The Morgan fingerprint density at radius 3 is 3.08 bits per heavy atom. The van der Waals surface area contributed by atoms with E-state index in [1.165, 1.54) is 23.8 Å². The number of rotatable bonds is 6. The number of aromatic amines is 1. The summed E-state index contributed by atoms with van der Waals surface area (Å²) in [6, 6.07) is 5.04. The van der Waals surface area contributed by atoms with Crippen molar-refractivity contribution in [3.8, 4) is 5.75 Å². The standard InChI is InChI=1S/C16H18ClN5O3S/c1-3-26-16-19-15(20-21-16)18-14(24)9-6-13(23)22(8-9)11-7-10(17)4-5-12(11)25-2/h4-5,7,9H,3,6,8H2,1-2H3,(H2,18,19,20,21,24). The van der Waals surface area contributed by atoms with Gasteiger partial charge in [0.25, 0.3) is 0 Å². The summed E-state index contributed by atoms with van der Waals surface area (Å²) >= 11 is 7.51. The summed E-state index contributed by atoms with van der Waals surface area (Å²) in [7, 11) is 1.52. The highest BCUT2D eigenvalue weighted by molar-refractivity contribution is 7.99. The monoisotopic (exact) mass is 395 g/mol. The van der Waals surface area contributed by atoms with Gasteiger partial charge in [-0.2, -0.15) is 4.98 Å². The molecule has 1 aliphatic rings. The van der Waals surface area contributed by atoms with Crippen LogP contribution in [0.5, 0.6) is 5.75 Å². The van der Waals surface area contributed by atoms with Crippen molar-refractivity contribution in [3.63, 3.8) is 0 Å². The SMILES string of the molecule is CCSc1n[nH]c(NC(=O)C2CC(=O)N(c3cc(Cl)ccc3OC)C2)n1. The lowest BCUT2D eigenvalue weighted by Crippen LogP contribution is -2.28. The maximum Gasteiger partial charge on any atom is 0.232 e. The highest BCUT2D eigenvalue weighted by Gasteiger charge is 2.36. The van der Waals surface area contributed by atoms with E-state index in [0.29, 0.717) is 21.6 Å². The fourth-order valence-corrected chi connectivity index (χ4v) is 3.40. The van der Waals surface area contributed by atoms with Crippen LogP contribution in [0.25, 0.3) is 0 Å². The van der Waals surface area contributed by atoms with E-state index in [-0.39, 0.29) is 30.7 Å². The van der Waals surface area contributed by atoms with E-state index >= 15 is 0 Å². The molecule has 1 aromatic heterocycles. The maximum atomic E-state index is 12.5. The number of nitrogens with one attached hydrogen (secondary N) is 2. The van der Waals surface area contributed by atoms with Gasteiger partial charge >= 0.3 is 0 Å². The highest BCUT2D eigenvalue weighted by atomic mass is 35.5. The van der Waals surface area contributed by atoms with E-state index in [0.717, 1.165) is 5.75 Å². The Bertz CT molecular complexity index is 828. The van der Waals surface area contributed by atoms with Crippen molar-refractivity contribution in [2.45, 2.75) is 18.5 Å². The Morgan fingerprint density at radius 2 is 2.35 bits per heavy atom. The van der Waals surface area contributed by atoms with E-state index in [1.54, 1.807) is 18.2 Å². The van der Waals surface area contributed by atoms with Crippen molar-refractivity contribution in [1.82, 2.24) is 15.2 Å². The first-order chi connectivity index (χ1) is 12.5. The fourth-order valence-electron chi connectivity index (χ4n) is 2.70. The lowest BCUT2D eigenvalue weighted by molar-refractivity contribution is -0.122. The van der Waals surface area contributed by atoms with Crippen molar-refractivity contribution < 1.29 is 14.3 Å². The first-order valence-corrected chi connectivity index (χ1v) is 9.38. The van der Waals surface area contributed by atoms with E-state index in [9.17, 15) is 9.59 Å². The number of carbonyl (C=O) groups is 2. The lowest BCUT2D eigenvalue weighted by Gasteiger charge is -2.19. The molecule has 10 heteroatoms. The molecule has 1 saturated heterocycles. The van der Waals surface area contributed by atoms with Gasteiger partial charge in [0.1, 0.15) is 5.75 Å². The van der Waals surface area contributed by atoms with Gasteiger partial charge in [0.15, 0.2) is 0 Å². The summed E-state index contributed by atoms with van der Waals surface area (Å²) in [6.07, 6.45) is 0.103. The van der Waals surface area contributed by atoms with Gasteiger partial charge in [0, 0.05) is 18.0 Å². The van der Waals surface area contributed by atoms with Gasteiger partial charge in [-0.3, -0.25) is 14.9 Å². The molecule has 2 heterocycles. The van der Waals surface area contributed by atoms with Crippen molar-refractivity contribution >= 4 is 46.8 Å². The third-order valence-electron chi connectivity index (χ3n) is 3.91. The predicted molar refractivity (Wildman–Crippen MR) is 99.9 cm³/mol. The van der Waals surface area contributed by atoms with Crippen LogP contribution in [0.3, 0.4) is 0 Å². The van der Waals surface area contributed by atoms with Gasteiger partial charge < -0.3 is 9.64 Å². The largest absolute Gasteiger partial charge is 0.495 e. The highest BCUT2D eigenvalue weighted by Crippen LogP contribution is 2.35. The summed E-state index contributed by atoms with van der Waals surface area (Å²) in [5.74, 6) is 0.686. The molecule has 0 saturated carbocycles. The molecular formula is C16H18ClN5O3S. The van der Waals surface area contributed by atoms with Gasteiger partial charge in [-0.15, -0.1) is 5.10 Å². The van der Waals surface area contributed by atoms with Crippen molar-refractivity contribution in [1.29, 1.82) is 0 Å². The number of carbonyl (C=O) groups excluding carboxylic acids is 2. The van der Waals surface area contributed by atoms with Crippen molar-refractivity contribution in [2.75, 3.05) is 29.6 Å². The Labute approximate surface area is 159 Å². The Hall–Kier alpha value is -2.26.